The zero-order valence-electron chi connectivity index (χ0n) is 9.86. The molecule has 0 radical (unpaired) electrons. The second-order valence-corrected chi connectivity index (χ2v) is 5.26. The Balaban J connectivity index is 2.60. The Bertz CT molecular complexity index is 604. The summed E-state index contributed by atoms with van der Waals surface area (Å²) in [4.78, 5) is 12.1. The van der Waals surface area contributed by atoms with Gasteiger partial charge in [0.05, 0.1) is 7.11 Å². The highest BCUT2D eigenvalue weighted by atomic mass is 35.5. The summed E-state index contributed by atoms with van der Waals surface area (Å²) < 4.78 is 5.28. The van der Waals surface area contributed by atoms with E-state index in [2.05, 4.69) is 0 Å². The van der Waals surface area contributed by atoms with Crippen molar-refractivity contribution in [2.75, 3.05) is 7.11 Å². The molecular weight excluding hydrogens is 272 g/mol. The first-order valence-corrected chi connectivity index (χ1v) is 6.40. The molecule has 0 bridgehead atoms. The summed E-state index contributed by atoms with van der Waals surface area (Å²) in [5.41, 5.74) is 1.72. The second kappa shape index (κ2) is 5.00. The number of hydrogen-bond donors (Lipinski definition) is 1. The predicted octanol–water partition coefficient (Wildman–Crippen LogP) is 4.08. The fourth-order valence-corrected chi connectivity index (χ4v) is 2.92. The topological polar surface area (TPSA) is 46.5 Å². The van der Waals surface area contributed by atoms with Gasteiger partial charge in [-0.15, -0.1) is 11.3 Å². The van der Waals surface area contributed by atoms with Gasteiger partial charge in [0.2, 0.25) is 0 Å². The van der Waals surface area contributed by atoms with Crippen molar-refractivity contribution in [1.82, 2.24) is 0 Å². The Morgan fingerprint density at radius 2 is 2.11 bits per heavy atom. The van der Waals surface area contributed by atoms with Gasteiger partial charge in [0.15, 0.2) is 0 Å². The van der Waals surface area contributed by atoms with Crippen molar-refractivity contribution in [3.63, 3.8) is 0 Å². The minimum absolute atomic E-state index is 0.310. The number of rotatable bonds is 3. The van der Waals surface area contributed by atoms with Crippen LogP contribution in [-0.2, 0) is 0 Å². The molecule has 0 aliphatic carbocycles. The van der Waals surface area contributed by atoms with Crippen LogP contribution in [0.2, 0.25) is 5.02 Å². The van der Waals surface area contributed by atoms with Crippen molar-refractivity contribution in [3.8, 4) is 16.2 Å². The van der Waals surface area contributed by atoms with E-state index >= 15 is 0 Å². The molecule has 18 heavy (non-hydrogen) atoms. The summed E-state index contributed by atoms with van der Waals surface area (Å²) in [5.74, 6) is -0.239. The minimum Gasteiger partial charge on any atom is -0.496 e. The Morgan fingerprint density at radius 3 is 2.67 bits per heavy atom. The number of carbonyl (C=O) groups is 1. The molecule has 0 fully saturated rings. The fourth-order valence-electron chi connectivity index (χ4n) is 1.71. The van der Waals surface area contributed by atoms with E-state index < -0.39 is 5.97 Å². The lowest BCUT2D eigenvalue weighted by Gasteiger charge is -2.08. The van der Waals surface area contributed by atoms with Gasteiger partial charge in [-0.05, 0) is 36.8 Å². The first kappa shape index (κ1) is 12.9. The third kappa shape index (κ3) is 2.35. The molecule has 0 unspecified atom stereocenters. The highest BCUT2D eigenvalue weighted by Crippen LogP contribution is 2.39. The van der Waals surface area contributed by atoms with E-state index in [1.54, 1.807) is 31.4 Å². The SMILES string of the molecule is COc1ccc(Cl)cc1-c1sc(C(=O)O)cc1C. The molecule has 0 saturated heterocycles. The van der Waals surface area contributed by atoms with Crippen LogP contribution in [0.25, 0.3) is 10.4 Å². The molecule has 0 aliphatic heterocycles. The number of ether oxygens (including phenoxy) is 1. The molecule has 0 spiro atoms. The van der Waals surface area contributed by atoms with Crippen molar-refractivity contribution < 1.29 is 14.6 Å². The van der Waals surface area contributed by atoms with Crippen LogP contribution in [0, 0.1) is 6.92 Å². The highest BCUT2D eigenvalue weighted by Gasteiger charge is 2.16. The molecule has 0 atom stereocenters. The van der Waals surface area contributed by atoms with Crippen molar-refractivity contribution >= 4 is 28.9 Å². The van der Waals surface area contributed by atoms with Crippen LogP contribution in [0.4, 0.5) is 0 Å². The van der Waals surface area contributed by atoms with Crippen LogP contribution in [-0.4, -0.2) is 18.2 Å². The maximum absolute atomic E-state index is 11.0. The lowest BCUT2D eigenvalue weighted by atomic mass is 10.1. The molecule has 3 nitrogen and oxygen atoms in total. The van der Waals surface area contributed by atoms with Crippen LogP contribution in [0.5, 0.6) is 5.75 Å². The fraction of sp³-hybridized carbons (Fsp3) is 0.154. The van der Waals surface area contributed by atoms with Crippen LogP contribution in [0.15, 0.2) is 24.3 Å². The van der Waals surface area contributed by atoms with Crippen molar-refractivity contribution in [2.45, 2.75) is 6.92 Å². The summed E-state index contributed by atoms with van der Waals surface area (Å²) in [6.07, 6.45) is 0. The molecule has 1 heterocycles. The minimum atomic E-state index is -0.921. The van der Waals surface area contributed by atoms with Gasteiger partial charge in [-0.25, -0.2) is 4.79 Å². The van der Waals surface area contributed by atoms with E-state index in [-0.39, 0.29) is 0 Å². The van der Waals surface area contributed by atoms with E-state index in [1.165, 1.54) is 11.3 Å². The van der Waals surface area contributed by atoms with Gasteiger partial charge < -0.3 is 9.84 Å². The van der Waals surface area contributed by atoms with Gasteiger partial charge in [-0.3, -0.25) is 0 Å². The van der Waals surface area contributed by atoms with Crippen molar-refractivity contribution in [1.29, 1.82) is 0 Å². The number of benzene rings is 1. The Kier molecular flexibility index (Phi) is 3.59. The van der Waals surface area contributed by atoms with Gasteiger partial charge in [0.25, 0.3) is 0 Å². The number of methoxy groups -OCH3 is 1. The largest absolute Gasteiger partial charge is 0.496 e. The number of aryl methyl sites for hydroxylation is 1. The number of aromatic carboxylic acids is 1. The maximum Gasteiger partial charge on any atom is 0.345 e. The highest BCUT2D eigenvalue weighted by molar-refractivity contribution is 7.17. The summed E-state index contributed by atoms with van der Waals surface area (Å²) in [6.45, 7) is 1.87. The zero-order chi connectivity index (χ0) is 13.3. The molecule has 94 valence electrons. The molecule has 0 aliphatic rings. The van der Waals surface area contributed by atoms with Gasteiger partial charge in [-0.1, -0.05) is 11.6 Å². The molecule has 0 saturated carbocycles. The van der Waals surface area contributed by atoms with E-state index in [1.807, 2.05) is 6.92 Å². The molecule has 1 aromatic carbocycles. The Morgan fingerprint density at radius 1 is 1.39 bits per heavy atom. The normalized spacial score (nSPS) is 10.4. The first-order chi connectivity index (χ1) is 8.52. The average Bonchev–Trinajstić information content (AvgIpc) is 2.71. The number of halogens is 1. The quantitative estimate of drug-likeness (QED) is 0.922. The monoisotopic (exact) mass is 282 g/mol. The third-order valence-electron chi connectivity index (χ3n) is 2.53. The van der Waals surface area contributed by atoms with Crippen LogP contribution in [0.3, 0.4) is 0 Å². The lowest BCUT2D eigenvalue weighted by Crippen LogP contribution is -1.89. The zero-order valence-corrected chi connectivity index (χ0v) is 11.4. The molecule has 2 aromatic rings. The van der Waals surface area contributed by atoms with Gasteiger partial charge >= 0.3 is 5.97 Å². The van der Waals surface area contributed by atoms with E-state index in [0.717, 1.165) is 16.0 Å². The van der Waals surface area contributed by atoms with Gasteiger partial charge in [-0.2, -0.15) is 0 Å². The van der Waals surface area contributed by atoms with E-state index in [4.69, 9.17) is 21.4 Å². The molecule has 0 amide bonds. The van der Waals surface area contributed by atoms with Gasteiger partial charge in [0, 0.05) is 15.5 Å². The summed E-state index contributed by atoms with van der Waals surface area (Å²) in [5, 5.41) is 9.60. The summed E-state index contributed by atoms with van der Waals surface area (Å²) in [6, 6.07) is 6.95. The number of hydrogen-bond acceptors (Lipinski definition) is 3. The maximum atomic E-state index is 11.0. The standard InChI is InChI=1S/C13H11ClO3S/c1-7-5-11(13(15)16)18-12(7)9-6-8(14)3-4-10(9)17-2/h3-6H,1-2H3,(H,15,16). The summed E-state index contributed by atoms with van der Waals surface area (Å²) in [7, 11) is 1.58. The molecular formula is C13H11ClO3S. The number of thiophene rings is 1. The number of carboxylic acids is 1. The van der Waals surface area contributed by atoms with Crippen molar-refractivity contribution in [3.05, 3.63) is 39.7 Å². The Hall–Kier alpha value is -1.52. The van der Waals surface area contributed by atoms with E-state index in [0.29, 0.717) is 15.6 Å². The van der Waals surface area contributed by atoms with Crippen LogP contribution < -0.4 is 4.74 Å². The lowest BCUT2D eigenvalue weighted by molar-refractivity contribution is 0.0702. The predicted molar refractivity (Wildman–Crippen MR) is 73.0 cm³/mol. The first-order valence-electron chi connectivity index (χ1n) is 5.20. The van der Waals surface area contributed by atoms with Crippen molar-refractivity contribution in [2.24, 2.45) is 0 Å². The van der Waals surface area contributed by atoms with Gasteiger partial charge in [0.1, 0.15) is 10.6 Å². The molecule has 2 rings (SSSR count). The second-order valence-electron chi connectivity index (χ2n) is 3.77. The smallest absolute Gasteiger partial charge is 0.345 e. The number of carboxylic acid groups (broad SMARTS) is 1. The molecule has 5 heteroatoms. The van der Waals surface area contributed by atoms with Crippen LogP contribution in [0.1, 0.15) is 15.2 Å². The van der Waals surface area contributed by atoms with Crippen LogP contribution >= 0.6 is 22.9 Å². The Labute approximate surface area is 114 Å². The van der Waals surface area contributed by atoms with E-state index in [9.17, 15) is 4.79 Å². The third-order valence-corrected chi connectivity index (χ3v) is 4.03. The average molecular weight is 283 g/mol. The summed E-state index contributed by atoms with van der Waals surface area (Å²) >= 11 is 7.20. The molecule has 1 aromatic heterocycles. The molecule has 1 N–H and O–H groups in total.